The second kappa shape index (κ2) is 7.19. The summed E-state index contributed by atoms with van der Waals surface area (Å²) in [5.74, 6) is 0.895. The molecule has 0 heterocycles. The summed E-state index contributed by atoms with van der Waals surface area (Å²) in [7, 11) is 1.70. The highest BCUT2D eigenvalue weighted by Crippen LogP contribution is 2.35. The van der Waals surface area contributed by atoms with Gasteiger partial charge in [0.15, 0.2) is 0 Å². The lowest BCUT2D eigenvalue weighted by Crippen LogP contribution is -2.11. The Bertz CT molecular complexity index is 630. The number of methoxy groups -OCH3 is 1. The molecule has 0 bridgehead atoms. The van der Waals surface area contributed by atoms with Gasteiger partial charge in [-0.05, 0) is 53.0 Å². The van der Waals surface area contributed by atoms with Gasteiger partial charge >= 0.3 is 0 Å². The molecule has 0 fully saturated rings. The Balaban J connectivity index is 2.33. The molecule has 1 N–H and O–H groups in total. The number of ether oxygens (including phenoxy) is 1. The third kappa shape index (κ3) is 3.72. The number of para-hydroxylation sites is 1. The van der Waals surface area contributed by atoms with E-state index in [-0.39, 0.29) is 6.04 Å². The van der Waals surface area contributed by atoms with Gasteiger partial charge < -0.3 is 10.1 Å². The predicted octanol–water partition coefficient (Wildman–Crippen LogP) is 5.98. The van der Waals surface area contributed by atoms with Crippen molar-refractivity contribution >= 4 is 33.2 Å². The second-order valence-corrected chi connectivity index (χ2v) is 6.19. The van der Waals surface area contributed by atoms with E-state index in [1.807, 2.05) is 37.3 Å². The number of halogens is 2. The van der Waals surface area contributed by atoms with Crippen molar-refractivity contribution in [1.82, 2.24) is 0 Å². The van der Waals surface area contributed by atoms with E-state index in [0.717, 1.165) is 38.5 Å². The normalized spacial score (nSPS) is 12.0. The van der Waals surface area contributed by atoms with Crippen LogP contribution in [0.15, 0.2) is 40.9 Å². The van der Waals surface area contributed by atoms with Crippen LogP contribution in [0.5, 0.6) is 5.75 Å². The first-order valence-corrected chi connectivity index (χ1v) is 8.09. The molecule has 4 heteroatoms. The maximum atomic E-state index is 6.23. The molecular weight excluding hydrogens is 350 g/mol. The van der Waals surface area contributed by atoms with E-state index in [1.54, 1.807) is 7.11 Å². The molecule has 2 rings (SSSR count). The summed E-state index contributed by atoms with van der Waals surface area (Å²) in [5.41, 5.74) is 3.19. The number of aryl methyl sites for hydroxylation is 1. The van der Waals surface area contributed by atoms with Crippen LogP contribution in [0.25, 0.3) is 0 Å². The molecule has 0 saturated carbocycles. The number of hydrogen-bond acceptors (Lipinski definition) is 2. The lowest BCUT2D eigenvalue weighted by molar-refractivity contribution is 0.406. The molecule has 0 radical (unpaired) electrons. The van der Waals surface area contributed by atoms with Gasteiger partial charge in [-0.15, -0.1) is 0 Å². The van der Waals surface area contributed by atoms with Gasteiger partial charge in [-0.3, -0.25) is 0 Å². The van der Waals surface area contributed by atoms with E-state index in [2.05, 4.69) is 34.2 Å². The fourth-order valence-corrected chi connectivity index (χ4v) is 3.03. The molecule has 2 aromatic carbocycles. The SMILES string of the molecule is CCC(Nc1cc(Cl)c(C)cc1Br)c1ccccc1OC. The maximum Gasteiger partial charge on any atom is 0.124 e. The molecule has 21 heavy (non-hydrogen) atoms. The number of benzene rings is 2. The zero-order valence-corrected chi connectivity index (χ0v) is 14.8. The first kappa shape index (κ1) is 16.2. The standard InChI is InChI=1S/C17H19BrClNO/c1-4-15(12-7-5-6-8-17(12)21-3)20-16-10-14(19)11(2)9-13(16)18/h5-10,15,20H,4H2,1-3H3. The van der Waals surface area contributed by atoms with E-state index >= 15 is 0 Å². The zero-order valence-electron chi connectivity index (χ0n) is 12.4. The molecule has 0 aromatic heterocycles. The Hall–Kier alpha value is -1.19. The topological polar surface area (TPSA) is 21.3 Å². The fraction of sp³-hybridized carbons (Fsp3) is 0.294. The molecule has 0 aliphatic heterocycles. The lowest BCUT2D eigenvalue weighted by Gasteiger charge is -2.22. The molecule has 0 aliphatic carbocycles. The van der Waals surface area contributed by atoms with Gasteiger partial charge in [0, 0.05) is 15.1 Å². The van der Waals surface area contributed by atoms with Crippen molar-refractivity contribution in [2.24, 2.45) is 0 Å². The Morgan fingerprint density at radius 3 is 2.67 bits per heavy atom. The third-order valence-electron chi connectivity index (χ3n) is 3.50. The van der Waals surface area contributed by atoms with Crippen LogP contribution >= 0.6 is 27.5 Å². The van der Waals surface area contributed by atoms with Crippen LogP contribution in [0.3, 0.4) is 0 Å². The number of anilines is 1. The molecule has 0 amide bonds. The van der Waals surface area contributed by atoms with E-state index in [4.69, 9.17) is 16.3 Å². The summed E-state index contributed by atoms with van der Waals surface area (Å²) in [5, 5.41) is 4.30. The predicted molar refractivity (Wildman–Crippen MR) is 93.5 cm³/mol. The van der Waals surface area contributed by atoms with Crippen LogP contribution in [0.4, 0.5) is 5.69 Å². The molecule has 0 saturated heterocycles. The smallest absolute Gasteiger partial charge is 0.124 e. The Morgan fingerprint density at radius 2 is 2.00 bits per heavy atom. The highest BCUT2D eigenvalue weighted by atomic mass is 79.9. The average Bonchev–Trinajstić information content (AvgIpc) is 2.49. The zero-order chi connectivity index (χ0) is 15.4. The number of rotatable bonds is 5. The van der Waals surface area contributed by atoms with Crippen molar-refractivity contribution in [2.75, 3.05) is 12.4 Å². The molecule has 0 spiro atoms. The fourth-order valence-electron chi connectivity index (χ4n) is 2.30. The first-order chi connectivity index (χ1) is 10.1. The minimum absolute atomic E-state index is 0.163. The molecular formula is C17H19BrClNO. The van der Waals surface area contributed by atoms with Crippen LogP contribution < -0.4 is 10.1 Å². The molecule has 2 nitrogen and oxygen atoms in total. The summed E-state index contributed by atoms with van der Waals surface area (Å²) in [6.45, 7) is 4.14. The lowest BCUT2D eigenvalue weighted by atomic mass is 10.0. The van der Waals surface area contributed by atoms with Crippen molar-refractivity contribution in [3.63, 3.8) is 0 Å². The summed E-state index contributed by atoms with van der Waals surface area (Å²) in [6, 6.07) is 12.2. The quantitative estimate of drug-likeness (QED) is 0.700. The van der Waals surface area contributed by atoms with E-state index < -0.39 is 0 Å². The van der Waals surface area contributed by atoms with E-state index in [9.17, 15) is 0 Å². The van der Waals surface area contributed by atoms with Crippen molar-refractivity contribution < 1.29 is 4.74 Å². The Morgan fingerprint density at radius 1 is 1.29 bits per heavy atom. The first-order valence-electron chi connectivity index (χ1n) is 6.92. The van der Waals surface area contributed by atoms with Gasteiger partial charge in [-0.1, -0.05) is 36.7 Å². The third-order valence-corrected chi connectivity index (χ3v) is 4.56. The Labute approximate surface area is 139 Å². The Kier molecular flexibility index (Phi) is 5.54. The molecule has 1 atom stereocenters. The van der Waals surface area contributed by atoms with Gasteiger partial charge in [0.2, 0.25) is 0 Å². The largest absolute Gasteiger partial charge is 0.496 e. The van der Waals surface area contributed by atoms with Crippen molar-refractivity contribution in [3.8, 4) is 5.75 Å². The number of nitrogens with one attached hydrogen (secondary N) is 1. The van der Waals surface area contributed by atoms with Crippen molar-refractivity contribution in [1.29, 1.82) is 0 Å². The van der Waals surface area contributed by atoms with Gasteiger partial charge in [-0.2, -0.15) is 0 Å². The van der Waals surface area contributed by atoms with Crippen LogP contribution in [0.1, 0.15) is 30.5 Å². The minimum Gasteiger partial charge on any atom is -0.496 e. The van der Waals surface area contributed by atoms with Crippen LogP contribution in [0, 0.1) is 6.92 Å². The average molecular weight is 369 g/mol. The van der Waals surface area contributed by atoms with Gasteiger partial charge in [0.05, 0.1) is 18.8 Å². The van der Waals surface area contributed by atoms with E-state index in [0.29, 0.717) is 0 Å². The van der Waals surface area contributed by atoms with Crippen LogP contribution in [0.2, 0.25) is 5.02 Å². The number of hydrogen-bond donors (Lipinski definition) is 1. The monoisotopic (exact) mass is 367 g/mol. The summed E-state index contributed by atoms with van der Waals surface area (Å²) in [4.78, 5) is 0. The maximum absolute atomic E-state index is 6.23. The van der Waals surface area contributed by atoms with Crippen molar-refractivity contribution in [3.05, 3.63) is 57.0 Å². The van der Waals surface area contributed by atoms with Crippen LogP contribution in [-0.2, 0) is 0 Å². The highest BCUT2D eigenvalue weighted by molar-refractivity contribution is 9.10. The minimum atomic E-state index is 0.163. The second-order valence-electron chi connectivity index (χ2n) is 4.93. The molecule has 112 valence electrons. The summed E-state index contributed by atoms with van der Waals surface area (Å²) >= 11 is 9.83. The highest BCUT2D eigenvalue weighted by Gasteiger charge is 2.15. The summed E-state index contributed by atoms with van der Waals surface area (Å²) in [6.07, 6.45) is 0.943. The van der Waals surface area contributed by atoms with Gasteiger partial charge in [0.1, 0.15) is 5.75 Å². The van der Waals surface area contributed by atoms with Gasteiger partial charge in [0.25, 0.3) is 0 Å². The molecule has 1 unspecified atom stereocenters. The van der Waals surface area contributed by atoms with Crippen molar-refractivity contribution in [2.45, 2.75) is 26.3 Å². The van der Waals surface area contributed by atoms with Gasteiger partial charge in [-0.25, -0.2) is 0 Å². The summed E-state index contributed by atoms with van der Waals surface area (Å²) < 4.78 is 6.47. The molecule has 2 aromatic rings. The molecule has 0 aliphatic rings. The van der Waals surface area contributed by atoms with Crippen LogP contribution in [-0.4, -0.2) is 7.11 Å². The van der Waals surface area contributed by atoms with E-state index in [1.165, 1.54) is 0 Å².